The van der Waals surface area contributed by atoms with E-state index in [-0.39, 0.29) is 25.0 Å². The Hall–Kier alpha value is -0.170. The Morgan fingerprint density at radius 2 is 2.27 bits per heavy atom. The molecular weight excluding hydrogens is 218 g/mol. The lowest BCUT2D eigenvalue weighted by atomic mass is 10.3. The molecule has 90 valence electrons. The molecule has 1 N–H and O–H groups in total. The van der Waals surface area contributed by atoms with Gasteiger partial charge in [0, 0.05) is 13.1 Å². The highest BCUT2D eigenvalue weighted by atomic mass is 32.2. The maximum atomic E-state index is 11.8. The molecule has 1 atom stereocenters. The van der Waals surface area contributed by atoms with Crippen LogP contribution < -0.4 is 0 Å². The quantitative estimate of drug-likeness (QED) is 0.719. The Morgan fingerprint density at radius 1 is 1.53 bits per heavy atom. The first kappa shape index (κ1) is 12.9. The van der Waals surface area contributed by atoms with E-state index in [0.29, 0.717) is 19.6 Å². The molecule has 0 saturated carbocycles. The second-order valence-electron chi connectivity index (χ2n) is 3.70. The first-order valence-electron chi connectivity index (χ1n) is 5.30. The molecule has 1 fully saturated rings. The van der Waals surface area contributed by atoms with Crippen molar-refractivity contribution in [3.05, 3.63) is 0 Å². The molecule has 0 amide bonds. The Kier molecular flexibility index (Phi) is 4.98. The zero-order valence-corrected chi connectivity index (χ0v) is 9.87. The standard InChI is InChI=1S/C9H19NO4S/c1-2-3-6-15(12,13)10-4-5-14-9(7-10)8-11/h9,11H,2-8H2,1H3. The van der Waals surface area contributed by atoms with Gasteiger partial charge in [-0.15, -0.1) is 0 Å². The third-order valence-corrected chi connectivity index (χ3v) is 4.38. The number of ether oxygens (including phenoxy) is 1. The third kappa shape index (κ3) is 3.71. The summed E-state index contributed by atoms with van der Waals surface area (Å²) in [4.78, 5) is 0. The number of unbranched alkanes of at least 4 members (excludes halogenated alkanes) is 1. The summed E-state index contributed by atoms with van der Waals surface area (Å²) >= 11 is 0. The number of aliphatic hydroxyl groups is 1. The summed E-state index contributed by atoms with van der Waals surface area (Å²) < 4.78 is 30.2. The molecular formula is C9H19NO4S. The minimum Gasteiger partial charge on any atom is -0.394 e. The summed E-state index contributed by atoms with van der Waals surface area (Å²) in [6, 6.07) is 0. The van der Waals surface area contributed by atoms with Gasteiger partial charge in [0.15, 0.2) is 0 Å². The number of sulfonamides is 1. The normalized spacial score (nSPS) is 24.3. The first-order valence-corrected chi connectivity index (χ1v) is 6.91. The molecule has 1 aliphatic rings. The zero-order chi connectivity index (χ0) is 11.3. The van der Waals surface area contributed by atoms with E-state index in [9.17, 15) is 8.42 Å². The lowest BCUT2D eigenvalue weighted by molar-refractivity contribution is -0.0304. The average molecular weight is 237 g/mol. The molecule has 0 aromatic heterocycles. The third-order valence-electron chi connectivity index (χ3n) is 2.45. The fourth-order valence-corrected chi connectivity index (χ4v) is 3.17. The molecule has 1 rings (SSSR count). The van der Waals surface area contributed by atoms with E-state index >= 15 is 0 Å². The van der Waals surface area contributed by atoms with Gasteiger partial charge in [-0.1, -0.05) is 13.3 Å². The van der Waals surface area contributed by atoms with Crippen LogP contribution >= 0.6 is 0 Å². The monoisotopic (exact) mass is 237 g/mol. The minimum atomic E-state index is -3.15. The molecule has 1 heterocycles. The van der Waals surface area contributed by atoms with E-state index in [1.165, 1.54) is 4.31 Å². The van der Waals surface area contributed by atoms with E-state index in [2.05, 4.69) is 0 Å². The molecule has 5 nitrogen and oxygen atoms in total. The van der Waals surface area contributed by atoms with Crippen molar-refractivity contribution in [2.75, 3.05) is 32.1 Å². The lowest BCUT2D eigenvalue weighted by Crippen LogP contribution is -2.47. The average Bonchev–Trinajstić information content (AvgIpc) is 2.26. The van der Waals surface area contributed by atoms with Crippen molar-refractivity contribution >= 4 is 10.0 Å². The predicted octanol–water partition coefficient (Wildman–Crippen LogP) is -0.191. The summed E-state index contributed by atoms with van der Waals surface area (Å²) in [7, 11) is -3.15. The van der Waals surface area contributed by atoms with Crippen LogP contribution in [0.3, 0.4) is 0 Å². The van der Waals surface area contributed by atoms with Gasteiger partial charge in [0.2, 0.25) is 10.0 Å². The Balaban J connectivity index is 2.54. The Labute approximate surface area is 91.1 Å². The van der Waals surface area contributed by atoms with Crippen LogP contribution in [-0.2, 0) is 14.8 Å². The summed E-state index contributed by atoms with van der Waals surface area (Å²) in [5, 5.41) is 8.90. The summed E-state index contributed by atoms with van der Waals surface area (Å²) in [5.74, 6) is 0.196. The van der Waals surface area contributed by atoms with Crippen molar-refractivity contribution < 1.29 is 18.3 Å². The minimum absolute atomic E-state index is 0.125. The molecule has 0 radical (unpaired) electrons. The van der Waals surface area contributed by atoms with Gasteiger partial charge in [-0.25, -0.2) is 8.42 Å². The number of nitrogens with zero attached hydrogens (tertiary/aromatic N) is 1. The van der Waals surface area contributed by atoms with Crippen LogP contribution in [0.5, 0.6) is 0 Å². The Bertz CT molecular complexity index is 278. The Morgan fingerprint density at radius 3 is 2.87 bits per heavy atom. The number of hydrogen-bond acceptors (Lipinski definition) is 4. The van der Waals surface area contributed by atoms with E-state index in [1.807, 2.05) is 6.92 Å². The largest absolute Gasteiger partial charge is 0.394 e. The lowest BCUT2D eigenvalue weighted by Gasteiger charge is -2.31. The van der Waals surface area contributed by atoms with Gasteiger partial charge in [-0.3, -0.25) is 0 Å². The summed E-state index contributed by atoms with van der Waals surface area (Å²) in [6.45, 7) is 2.90. The zero-order valence-electron chi connectivity index (χ0n) is 9.05. The summed E-state index contributed by atoms with van der Waals surface area (Å²) in [5.41, 5.74) is 0. The van der Waals surface area contributed by atoms with E-state index in [4.69, 9.17) is 9.84 Å². The number of morpholine rings is 1. The molecule has 0 aliphatic carbocycles. The van der Waals surface area contributed by atoms with Crippen molar-refractivity contribution in [3.63, 3.8) is 0 Å². The second-order valence-corrected chi connectivity index (χ2v) is 5.79. The number of hydrogen-bond donors (Lipinski definition) is 1. The molecule has 0 aromatic carbocycles. The SMILES string of the molecule is CCCCS(=O)(=O)N1CCOC(CO)C1. The van der Waals surface area contributed by atoms with Crippen LogP contribution in [0.4, 0.5) is 0 Å². The van der Waals surface area contributed by atoms with Gasteiger partial charge in [-0.05, 0) is 6.42 Å². The van der Waals surface area contributed by atoms with Crippen LogP contribution in [0.15, 0.2) is 0 Å². The summed E-state index contributed by atoms with van der Waals surface area (Å²) in [6.07, 6.45) is 1.19. The van der Waals surface area contributed by atoms with Crippen molar-refractivity contribution in [2.45, 2.75) is 25.9 Å². The van der Waals surface area contributed by atoms with Gasteiger partial charge in [0.05, 0.1) is 25.1 Å². The molecule has 6 heteroatoms. The molecule has 0 spiro atoms. The van der Waals surface area contributed by atoms with Gasteiger partial charge in [-0.2, -0.15) is 4.31 Å². The number of aliphatic hydroxyl groups excluding tert-OH is 1. The van der Waals surface area contributed by atoms with Gasteiger partial charge in [0.25, 0.3) is 0 Å². The maximum Gasteiger partial charge on any atom is 0.214 e. The fraction of sp³-hybridized carbons (Fsp3) is 1.00. The molecule has 0 bridgehead atoms. The fourth-order valence-electron chi connectivity index (χ4n) is 1.51. The van der Waals surface area contributed by atoms with Crippen molar-refractivity contribution in [1.29, 1.82) is 0 Å². The first-order chi connectivity index (χ1) is 7.10. The highest BCUT2D eigenvalue weighted by Crippen LogP contribution is 2.11. The highest BCUT2D eigenvalue weighted by Gasteiger charge is 2.28. The smallest absolute Gasteiger partial charge is 0.214 e. The highest BCUT2D eigenvalue weighted by molar-refractivity contribution is 7.89. The molecule has 1 unspecified atom stereocenters. The molecule has 15 heavy (non-hydrogen) atoms. The predicted molar refractivity (Wildman–Crippen MR) is 57.1 cm³/mol. The van der Waals surface area contributed by atoms with Crippen LogP contribution in [0.1, 0.15) is 19.8 Å². The van der Waals surface area contributed by atoms with E-state index in [1.54, 1.807) is 0 Å². The van der Waals surface area contributed by atoms with Crippen molar-refractivity contribution in [1.82, 2.24) is 4.31 Å². The second kappa shape index (κ2) is 5.79. The van der Waals surface area contributed by atoms with Crippen LogP contribution in [0, 0.1) is 0 Å². The molecule has 1 aliphatic heterocycles. The van der Waals surface area contributed by atoms with Crippen molar-refractivity contribution in [3.8, 4) is 0 Å². The molecule has 0 aromatic rings. The topological polar surface area (TPSA) is 66.8 Å². The van der Waals surface area contributed by atoms with Crippen LogP contribution in [-0.4, -0.2) is 56.0 Å². The van der Waals surface area contributed by atoms with Gasteiger partial charge >= 0.3 is 0 Å². The molecule has 1 saturated heterocycles. The van der Waals surface area contributed by atoms with Crippen LogP contribution in [0.2, 0.25) is 0 Å². The van der Waals surface area contributed by atoms with Crippen LogP contribution in [0.25, 0.3) is 0 Å². The van der Waals surface area contributed by atoms with Gasteiger partial charge in [0.1, 0.15) is 0 Å². The van der Waals surface area contributed by atoms with E-state index < -0.39 is 10.0 Å². The van der Waals surface area contributed by atoms with E-state index in [0.717, 1.165) is 6.42 Å². The van der Waals surface area contributed by atoms with Crippen molar-refractivity contribution in [2.24, 2.45) is 0 Å². The van der Waals surface area contributed by atoms with Gasteiger partial charge < -0.3 is 9.84 Å². The number of rotatable bonds is 5. The maximum absolute atomic E-state index is 11.8.